The minimum Gasteiger partial charge on any atom is -0.484 e. The van der Waals surface area contributed by atoms with Gasteiger partial charge in [0.1, 0.15) is 18.1 Å². The Morgan fingerprint density at radius 1 is 0.729 bits per heavy atom. The largest absolute Gasteiger partial charge is 0.484 e. The lowest BCUT2D eigenvalue weighted by molar-refractivity contribution is -0.218. The molecular formula is C37H33NO9S. The van der Waals surface area contributed by atoms with Gasteiger partial charge in [-0.1, -0.05) is 103 Å². The average Bonchev–Trinajstić information content (AvgIpc) is 3.64. The zero-order chi connectivity index (χ0) is 34.5. The Kier molecular flexibility index (Phi) is 10.2. The van der Waals surface area contributed by atoms with E-state index in [2.05, 4.69) is 0 Å². The van der Waals surface area contributed by atoms with Gasteiger partial charge in [0, 0.05) is 27.8 Å². The number of carboxylic acids is 2. The van der Waals surface area contributed by atoms with Gasteiger partial charge in [0.05, 0.1) is 0 Å². The predicted molar refractivity (Wildman–Crippen MR) is 179 cm³/mol. The number of Topliss-reactive ketones (excluding diaryl/α,β-unsaturated/α-hetero) is 2. The number of carbonyl (C=O) groups excluding carboxylic acids is 2. The van der Waals surface area contributed by atoms with Crippen LogP contribution in [0.3, 0.4) is 0 Å². The summed E-state index contributed by atoms with van der Waals surface area (Å²) in [4.78, 5) is 57.0. The number of aliphatic hydroxyl groups is 1. The van der Waals surface area contributed by atoms with Gasteiger partial charge in [-0.3, -0.25) is 14.5 Å². The number of carbonyl (C=O) groups is 4. The molecular weight excluding hydrogens is 634 g/mol. The predicted octanol–water partition coefficient (Wildman–Crippen LogP) is 5.72. The Morgan fingerprint density at radius 3 is 1.88 bits per heavy atom. The van der Waals surface area contributed by atoms with Gasteiger partial charge in [-0.2, -0.15) is 0 Å². The molecule has 4 atom stereocenters. The number of nitrogens with zero attached hydrogens (tertiary/aromatic N) is 1. The van der Waals surface area contributed by atoms with E-state index in [0.29, 0.717) is 5.75 Å². The maximum atomic E-state index is 14.4. The van der Waals surface area contributed by atoms with Gasteiger partial charge in [-0.15, -0.1) is 11.3 Å². The summed E-state index contributed by atoms with van der Waals surface area (Å²) in [5.74, 6) is -6.89. The van der Waals surface area contributed by atoms with Crippen molar-refractivity contribution >= 4 is 45.6 Å². The van der Waals surface area contributed by atoms with E-state index in [0.717, 1.165) is 15.6 Å². The molecule has 0 aliphatic rings. The van der Waals surface area contributed by atoms with Crippen molar-refractivity contribution in [2.45, 2.75) is 30.0 Å². The number of benzene rings is 4. The second-order valence-corrected chi connectivity index (χ2v) is 12.2. The first kappa shape index (κ1) is 34.1. The molecule has 10 nitrogen and oxygen atoms in total. The quantitative estimate of drug-likeness (QED) is 0.0719. The smallest absolute Gasteiger partial charge is 0.348 e. The standard InChI is InChI=1S/C37H33NO9S/c1-38(2)31(23-29(30-21-12-22-48-30)46-28-20-11-18-24-13-9-10-19-27(24)28)47-37(35(43)44,33(40)26-16-7-4-8-17-26)36(45,34(41)42)32(39)25-14-5-3-6-15-25/h3-22,29,31,45H,23H2,1-2H3,(H,41,42)(H,43,44)/t29-,31?,36?,37?/m1/s1. The summed E-state index contributed by atoms with van der Waals surface area (Å²) in [6.07, 6.45) is -2.35. The highest BCUT2D eigenvalue weighted by molar-refractivity contribution is 7.10. The molecule has 0 saturated carbocycles. The molecule has 246 valence electrons. The van der Waals surface area contributed by atoms with E-state index in [9.17, 15) is 34.5 Å². The number of rotatable bonds is 15. The third-order valence-corrected chi connectivity index (χ3v) is 8.99. The van der Waals surface area contributed by atoms with E-state index in [-0.39, 0.29) is 17.5 Å². The maximum absolute atomic E-state index is 14.4. The van der Waals surface area contributed by atoms with Crippen LogP contribution in [0.1, 0.15) is 38.1 Å². The summed E-state index contributed by atoms with van der Waals surface area (Å²) < 4.78 is 12.7. The van der Waals surface area contributed by atoms with Crippen molar-refractivity contribution in [2.24, 2.45) is 0 Å². The lowest BCUT2D eigenvalue weighted by Crippen LogP contribution is -2.74. The van der Waals surface area contributed by atoms with Gasteiger partial charge in [0.25, 0.3) is 11.2 Å². The van der Waals surface area contributed by atoms with Crippen molar-refractivity contribution < 1.29 is 44.0 Å². The van der Waals surface area contributed by atoms with Crippen LogP contribution in [-0.2, 0) is 14.3 Å². The van der Waals surface area contributed by atoms with E-state index in [1.807, 2.05) is 53.9 Å². The molecule has 1 heterocycles. The molecule has 3 N–H and O–H groups in total. The second kappa shape index (κ2) is 14.3. The SMILES string of the molecule is CN(C)C(C[C@@H](Oc1cccc2ccccc12)c1cccs1)OC(C(=O)O)(C(=O)c1ccccc1)C(O)(C(=O)O)C(=O)c1ccccc1. The number of fused-ring (bicyclic) bond motifs is 1. The fraction of sp³-hybridized carbons (Fsp3) is 0.189. The normalized spacial score (nSPS) is 15.2. The van der Waals surface area contributed by atoms with E-state index < -0.39 is 47.0 Å². The molecule has 5 aromatic rings. The number of aliphatic carboxylic acids is 2. The first-order chi connectivity index (χ1) is 23.0. The summed E-state index contributed by atoms with van der Waals surface area (Å²) >= 11 is 1.37. The van der Waals surface area contributed by atoms with Crippen molar-refractivity contribution in [3.63, 3.8) is 0 Å². The number of hydrogen-bond donors (Lipinski definition) is 3. The van der Waals surface area contributed by atoms with Crippen molar-refractivity contribution in [1.82, 2.24) is 4.90 Å². The van der Waals surface area contributed by atoms with Crippen LogP contribution in [0.4, 0.5) is 0 Å². The molecule has 4 aromatic carbocycles. The molecule has 48 heavy (non-hydrogen) atoms. The number of carboxylic acid groups (broad SMARTS) is 2. The lowest BCUT2D eigenvalue weighted by Gasteiger charge is -2.42. The van der Waals surface area contributed by atoms with Crippen molar-refractivity contribution in [3.8, 4) is 5.75 Å². The van der Waals surface area contributed by atoms with Crippen molar-refractivity contribution in [3.05, 3.63) is 137 Å². The summed E-state index contributed by atoms with van der Waals surface area (Å²) in [5, 5.41) is 37.0. The minimum atomic E-state index is -3.92. The maximum Gasteiger partial charge on any atom is 0.348 e. The van der Waals surface area contributed by atoms with E-state index in [4.69, 9.17) is 9.47 Å². The van der Waals surface area contributed by atoms with Crippen LogP contribution in [0, 0.1) is 0 Å². The Labute approximate surface area is 280 Å². The van der Waals surface area contributed by atoms with Crippen LogP contribution < -0.4 is 4.74 Å². The van der Waals surface area contributed by atoms with E-state index in [1.54, 1.807) is 18.2 Å². The van der Waals surface area contributed by atoms with Crippen molar-refractivity contribution in [1.29, 1.82) is 0 Å². The fourth-order valence-electron chi connectivity index (χ4n) is 5.50. The van der Waals surface area contributed by atoms with E-state index >= 15 is 0 Å². The molecule has 0 amide bonds. The zero-order valence-electron chi connectivity index (χ0n) is 26.1. The Balaban J connectivity index is 1.66. The minimum absolute atomic E-state index is 0.150. The van der Waals surface area contributed by atoms with Crippen LogP contribution in [-0.4, -0.2) is 75.2 Å². The summed E-state index contributed by atoms with van der Waals surface area (Å²) in [5.41, 5.74) is -8.22. The van der Waals surface area contributed by atoms with Gasteiger partial charge in [-0.05, 0) is 37.0 Å². The summed E-state index contributed by atoms with van der Waals surface area (Å²) in [6.45, 7) is 0. The third-order valence-electron chi connectivity index (χ3n) is 8.02. The molecule has 0 aliphatic carbocycles. The van der Waals surface area contributed by atoms with Crippen LogP contribution in [0.2, 0.25) is 0 Å². The molecule has 5 rings (SSSR count). The van der Waals surface area contributed by atoms with Crippen LogP contribution in [0.15, 0.2) is 121 Å². The summed E-state index contributed by atoms with van der Waals surface area (Å²) in [6, 6.07) is 30.5. The van der Waals surface area contributed by atoms with Gasteiger partial charge >= 0.3 is 11.9 Å². The Morgan fingerprint density at radius 2 is 1.31 bits per heavy atom. The molecule has 0 bridgehead atoms. The molecule has 0 saturated heterocycles. The summed E-state index contributed by atoms with van der Waals surface area (Å²) in [7, 11) is 3.07. The number of hydrogen-bond acceptors (Lipinski definition) is 9. The van der Waals surface area contributed by atoms with Crippen LogP contribution in [0.5, 0.6) is 5.75 Å². The average molecular weight is 668 g/mol. The highest BCUT2D eigenvalue weighted by Crippen LogP contribution is 2.40. The molecule has 11 heteroatoms. The van der Waals surface area contributed by atoms with Gasteiger partial charge in [0.2, 0.25) is 11.6 Å². The molecule has 0 radical (unpaired) electrons. The fourth-order valence-corrected chi connectivity index (χ4v) is 6.27. The zero-order valence-corrected chi connectivity index (χ0v) is 26.9. The van der Waals surface area contributed by atoms with Gasteiger partial charge in [0.15, 0.2) is 0 Å². The monoisotopic (exact) mass is 667 g/mol. The first-order valence-electron chi connectivity index (χ1n) is 14.9. The number of ketones is 2. The molecule has 0 aliphatic heterocycles. The Bertz CT molecular complexity index is 1910. The van der Waals surface area contributed by atoms with Crippen LogP contribution >= 0.6 is 11.3 Å². The Hall–Kier alpha value is -5.20. The van der Waals surface area contributed by atoms with E-state index in [1.165, 1.54) is 78.9 Å². The first-order valence-corrected chi connectivity index (χ1v) is 15.8. The van der Waals surface area contributed by atoms with Gasteiger partial charge in [-0.25, -0.2) is 9.59 Å². The molecule has 1 aromatic heterocycles. The third kappa shape index (κ3) is 6.36. The molecule has 3 unspecified atom stereocenters. The lowest BCUT2D eigenvalue weighted by atomic mass is 9.72. The highest BCUT2D eigenvalue weighted by atomic mass is 32.1. The van der Waals surface area contributed by atoms with Crippen molar-refractivity contribution in [2.75, 3.05) is 14.1 Å². The number of ether oxygens (including phenoxy) is 2. The molecule has 0 spiro atoms. The second-order valence-electron chi connectivity index (χ2n) is 11.3. The highest BCUT2D eigenvalue weighted by Gasteiger charge is 2.72. The van der Waals surface area contributed by atoms with Crippen LogP contribution in [0.25, 0.3) is 10.8 Å². The number of thiophene rings is 1. The molecule has 0 fully saturated rings. The van der Waals surface area contributed by atoms with Gasteiger partial charge < -0.3 is 24.8 Å². The topological polar surface area (TPSA) is 151 Å².